The Balaban J connectivity index is 1.72. The smallest absolute Gasteiger partial charge is 0.317 e. The molecule has 1 atom stereocenters. The van der Waals surface area contributed by atoms with Crippen molar-refractivity contribution in [2.75, 3.05) is 50.8 Å². The molecule has 0 aliphatic carbocycles. The number of urea groups is 1. The van der Waals surface area contributed by atoms with Crippen LogP contribution < -0.4 is 10.6 Å². The van der Waals surface area contributed by atoms with Crippen LogP contribution in [0.5, 0.6) is 0 Å². The number of carbonyl (C=O) groups excluding carboxylic acids is 2. The summed E-state index contributed by atoms with van der Waals surface area (Å²) in [7, 11) is 0. The van der Waals surface area contributed by atoms with E-state index in [1.54, 1.807) is 4.90 Å². The predicted molar refractivity (Wildman–Crippen MR) is 81.0 cm³/mol. The van der Waals surface area contributed by atoms with Crippen LogP contribution >= 0.6 is 11.8 Å². The van der Waals surface area contributed by atoms with Crippen LogP contribution in [0.3, 0.4) is 0 Å². The number of piperazine rings is 1. The van der Waals surface area contributed by atoms with E-state index in [0.29, 0.717) is 45.2 Å². The van der Waals surface area contributed by atoms with Gasteiger partial charge < -0.3 is 20.4 Å². The standard InChI is InChI=1S/C13H24N4O2S/c1-2-14-13(19)17-6-4-16(5-7-17)12(18)9-11-10-20-8-3-15-11/h11,15H,2-10H2,1H3,(H,14,19). The quantitative estimate of drug-likeness (QED) is 0.767. The molecule has 2 saturated heterocycles. The van der Waals surface area contributed by atoms with Gasteiger partial charge in [-0.25, -0.2) is 4.79 Å². The van der Waals surface area contributed by atoms with Gasteiger partial charge in [-0.1, -0.05) is 0 Å². The van der Waals surface area contributed by atoms with Crippen LogP contribution in [0.1, 0.15) is 13.3 Å². The highest BCUT2D eigenvalue weighted by atomic mass is 32.2. The number of hydrogen-bond acceptors (Lipinski definition) is 4. The van der Waals surface area contributed by atoms with E-state index < -0.39 is 0 Å². The molecule has 2 N–H and O–H groups in total. The molecule has 0 bridgehead atoms. The molecule has 2 aliphatic heterocycles. The molecular weight excluding hydrogens is 276 g/mol. The molecule has 0 aromatic carbocycles. The Hall–Kier alpha value is -0.950. The zero-order chi connectivity index (χ0) is 14.4. The summed E-state index contributed by atoms with van der Waals surface area (Å²) in [4.78, 5) is 27.6. The second-order valence-corrected chi connectivity index (χ2v) is 6.28. The van der Waals surface area contributed by atoms with E-state index in [4.69, 9.17) is 0 Å². The summed E-state index contributed by atoms with van der Waals surface area (Å²) < 4.78 is 0. The van der Waals surface area contributed by atoms with Crippen molar-refractivity contribution in [2.45, 2.75) is 19.4 Å². The molecule has 1 unspecified atom stereocenters. The molecule has 2 fully saturated rings. The minimum absolute atomic E-state index is 0.0232. The summed E-state index contributed by atoms with van der Waals surface area (Å²) in [5, 5.41) is 6.19. The van der Waals surface area contributed by atoms with Gasteiger partial charge in [0.05, 0.1) is 0 Å². The second-order valence-electron chi connectivity index (χ2n) is 5.13. The van der Waals surface area contributed by atoms with E-state index in [-0.39, 0.29) is 11.9 Å². The third-order valence-corrected chi connectivity index (χ3v) is 4.80. The van der Waals surface area contributed by atoms with Crippen molar-refractivity contribution in [3.8, 4) is 0 Å². The van der Waals surface area contributed by atoms with E-state index >= 15 is 0 Å². The van der Waals surface area contributed by atoms with Crippen LogP contribution in [0.4, 0.5) is 4.79 Å². The molecular formula is C13H24N4O2S. The molecule has 7 heteroatoms. The zero-order valence-corrected chi connectivity index (χ0v) is 12.9. The third-order valence-electron chi connectivity index (χ3n) is 3.67. The van der Waals surface area contributed by atoms with Gasteiger partial charge in [0.2, 0.25) is 5.91 Å². The molecule has 0 radical (unpaired) electrons. The number of thioether (sulfide) groups is 1. The van der Waals surface area contributed by atoms with Crippen LogP contribution in [0.25, 0.3) is 0 Å². The van der Waals surface area contributed by atoms with Gasteiger partial charge in [0.15, 0.2) is 0 Å². The number of nitrogens with one attached hydrogen (secondary N) is 2. The van der Waals surface area contributed by atoms with Crippen LogP contribution in [-0.4, -0.2) is 78.6 Å². The van der Waals surface area contributed by atoms with Crippen molar-refractivity contribution >= 4 is 23.7 Å². The molecule has 3 amide bonds. The van der Waals surface area contributed by atoms with Gasteiger partial charge in [-0.3, -0.25) is 4.79 Å². The Morgan fingerprint density at radius 3 is 2.55 bits per heavy atom. The van der Waals surface area contributed by atoms with Crippen molar-refractivity contribution < 1.29 is 9.59 Å². The lowest BCUT2D eigenvalue weighted by Crippen LogP contribution is -2.54. The summed E-state index contributed by atoms with van der Waals surface area (Å²) in [6.07, 6.45) is 0.578. The first kappa shape index (κ1) is 15.4. The second kappa shape index (κ2) is 7.73. The number of carbonyl (C=O) groups is 2. The van der Waals surface area contributed by atoms with Crippen molar-refractivity contribution in [1.29, 1.82) is 0 Å². The molecule has 6 nitrogen and oxygen atoms in total. The number of amides is 3. The monoisotopic (exact) mass is 300 g/mol. The highest BCUT2D eigenvalue weighted by Gasteiger charge is 2.26. The number of hydrogen-bond donors (Lipinski definition) is 2. The van der Waals surface area contributed by atoms with E-state index in [1.165, 1.54) is 0 Å². The third kappa shape index (κ3) is 4.28. The predicted octanol–water partition coefficient (Wildman–Crippen LogP) is -0.0448. The summed E-state index contributed by atoms with van der Waals surface area (Å²) in [6, 6.07) is 0.285. The Morgan fingerprint density at radius 1 is 1.25 bits per heavy atom. The fraction of sp³-hybridized carbons (Fsp3) is 0.846. The van der Waals surface area contributed by atoms with Gasteiger partial charge in [0.1, 0.15) is 0 Å². The topological polar surface area (TPSA) is 64.7 Å². The van der Waals surface area contributed by atoms with Crippen LogP contribution in [0.15, 0.2) is 0 Å². The average molecular weight is 300 g/mol. The fourth-order valence-electron chi connectivity index (χ4n) is 2.51. The van der Waals surface area contributed by atoms with Crippen LogP contribution in [0.2, 0.25) is 0 Å². The SMILES string of the molecule is CCNC(=O)N1CCN(C(=O)CC2CSCCN2)CC1. The van der Waals surface area contributed by atoms with Gasteiger partial charge in [-0.05, 0) is 6.92 Å². The van der Waals surface area contributed by atoms with Crippen LogP contribution in [0, 0.1) is 0 Å². The van der Waals surface area contributed by atoms with Gasteiger partial charge in [0, 0.05) is 63.2 Å². The first-order valence-electron chi connectivity index (χ1n) is 7.32. The lowest BCUT2D eigenvalue weighted by molar-refractivity contribution is -0.133. The largest absolute Gasteiger partial charge is 0.339 e. The summed E-state index contributed by atoms with van der Waals surface area (Å²) in [5.74, 6) is 2.36. The van der Waals surface area contributed by atoms with Gasteiger partial charge in [-0.2, -0.15) is 11.8 Å². The molecule has 114 valence electrons. The Kier molecular flexibility index (Phi) is 5.97. The lowest BCUT2D eigenvalue weighted by atomic mass is 10.2. The van der Waals surface area contributed by atoms with E-state index in [9.17, 15) is 9.59 Å². The average Bonchev–Trinajstić information content (AvgIpc) is 2.48. The van der Waals surface area contributed by atoms with Gasteiger partial charge in [0.25, 0.3) is 0 Å². The van der Waals surface area contributed by atoms with Crippen molar-refractivity contribution in [2.24, 2.45) is 0 Å². The molecule has 0 spiro atoms. The Morgan fingerprint density at radius 2 is 1.95 bits per heavy atom. The minimum atomic E-state index is -0.0232. The highest BCUT2D eigenvalue weighted by Crippen LogP contribution is 2.12. The van der Waals surface area contributed by atoms with Gasteiger partial charge >= 0.3 is 6.03 Å². The summed E-state index contributed by atoms with van der Waals surface area (Å²) in [6.45, 7) is 6.10. The zero-order valence-electron chi connectivity index (χ0n) is 12.1. The maximum Gasteiger partial charge on any atom is 0.317 e. The van der Waals surface area contributed by atoms with Crippen molar-refractivity contribution in [3.05, 3.63) is 0 Å². The first-order chi connectivity index (χ1) is 9.70. The van der Waals surface area contributed by atoms with Crippen molar-refractivity contribution in [1.82, 2.24) is 20.4 Å². The normalized spacial score (nSPS) is 23.6. The Labute approximate surface area is 124 Å². The van der Waals surface area contributed by atoms with E-state index in [0.717, 1.165) is 18.1 Å². The maximum absolute atomic E-state index is 12.2. The molecule has 2 heterocycles. The fourth-order valence-corrected chi connectivity index (χ4v) is 3.46. The minimum Gasteiger partial charge on any atom is -0.339 e. The van der Waals surface area contributed by atoms with Crippen LogP contribution in [-0.2, 0) is 4.79 Å². The van der Waals surface area contributed by atoms with E-state index in [2.05, 4.69) is 10.6 Å². The molecule has 0 aromatic rings. The number of nitrogens with zero attached hydrogens (tertiary/aromatic N) is 2. The molecule has 20 heavy (non-hydrogen) atoms. The lowest BCUT2D eigenvalue weighted by Gasteiger charge is -2.35. The molecule has 2 aliphatic rings. The van der Waals surface area contributed by atoms with E-state index in [1.807, 2.05) is 23.6 Å². The van der Waals surface area contributed by atoms with Gasteiger partial charge in [-0.15, -0.1) is 0 Å². The molecule has 0 aromatic heterocycles. The van der Waals surface area contributed by atoms with Crippen molar-refractivity contribution in [3.63, 3.8) is 0 Å². The maximum atomic E-state index is 12.2. The Bertz CT molecular complexity index is 339. The highest BCUT2D eigenvalue weighted by molar-refractivity contribution is 7.99. The first-order valence-corrected chi connectivity index (χ1v) is 8.48. The molecule has 2 rings (SSSR count). The number of rotatable bonds is 3. The summed E-state index contributed by atoms with van der Waals surface area (Å²) in [5.41, 5.74) is 0. The molecule has 0 saturated carbocycles. The summed E-state index contributed by atoms with van der Waals surface area (Å²) >= 11 is 1.91.